The Bertz CT molecular complexity index is 1230. The third-order valence-electron chi connectivity index (χ3n) is 5.19. The molecule has 5 heteroatoms. The third kappa shape index (κ3) is 4.04. The molecule has 0 aromatic heterocycles. The summed E-state index contributed by atoms with van der Waals surface area (Å²) in [4.78, 5) is 38.9. The van der Waals surface area contributed by atoms with E-state index < -0.39 is 0 Å². The average molecular weight is 420 g/mol. The molecule has 0 radical (unpaired) electrons. The van der Waals surface area contributed by atoms with Gasteiger partial charge in [-0.1, -0.05) is 60.7 Å². The number of anilines is 2. The van der Waals surface area contributed by atoms with Gasteiger partial charge in [-0.3, -0.25) is 14.4 Å². The zero-order valence-electron chi connectivity index (χ0n) is 17.1. The average Bonchev–Trinajstić information content (AvgIpc) is 2.84. The monoisotopic (exact) mass is 420 g/mol. The van der Waals surface area contributed by atoms with E-state index in [9.17, 15) is 14.4 Å². The summed E-state index contributed by atoms with van der Waals surface area (Å²) in [5, 5.41) is 0. The Morgan fingerprint density at radius 1 is 0.438 bits per heavy atom. The van der Waals surface area contributed by atoms with Gasteiger partial charge in [-0.05, 0) is 36.4 Å². The number of ketones is 3. The van der Waals surface area contributed by atoms with Crippen molar-refractivity contribution < 1.29 is 14.4 Å². The number of carbonyl (C=O) groups is 3. The van der Waals surface area contributed by atoms with Gasteiger partial charge in [0, 0.05) is 44.8 Å². The fourth-order valence-corrected chi connectivity index (χ4v) is 3.45. The van der Waals surface area contributed by atoms with Crippen molar-refractivity contribution >= 4 is 28.7 Å². The van der Waals surface area contributed by atoms with Crippen molar-refractivity contribution in [3.63, 3.8) is 0 Å². The summed E-state index contributed by atoms with van der Waals surface area (Å²) >= 11 is 0. The number of carbonyl (C=O) groups excluding carboxylic acids is 3. The predicted molar refractivity (Wildman–Crippen MR) is 125 cm³/mol. The summed E-state index contributed by atoms with van der Waals surface area (Å²) in [6.07, 6.45) is 0. The molecule has 0 heterocycles. The summed E-state index contributed by atoms with van der Waals surface area (Å²) in [6.45, 7) is 0. The lowest BCUT2D eigenvalue weighted by atomic mass is 9.94. The van der Waals surface area contributed by atoms with Crippen LogP contribution < -0.4 is 11.5 Å². The van der Waals surface area contributed by atoms with Crippen LogP contribution in [0.25, 0.3) is 0 Å². The molecule has 0 amide bonds. The maximum atomic E-state index is 13.2. The van der Waals surface area contributed by atoms with Crippen LogP contribution in [0.5, 0.6) is 0 Å². The van der Waals surface area contributed by atoms with Gasteiger partial charge < -0.3 is 11.5 Å². The molecule has 0 aliphatic carbocycles. The second kappa shape index (κ2) is 8.70. The molecule has 0 saturated heterocycles. The van der Waals surface area contributed by atoms with Crippen molar-refractivity contribution in [2.45, 2.75) is 0 Å². The fourth-order valence-electron chi connectivity index (χ4n) is 3.45. The number of hydrogen-bond acceptors (Lipinski definition) is 5. The molecule has 0 bridgehead atoms. The zero-order valence-corrected chi connectivity index (χ0v) is 17.1. The molecular weight excluding hydrogens is 400 g/mol. The Hall–Kier alpha value is -4.51. The van der Waals surface area contributed by atoms with E-state index in [2.05, 4.69) is 0 Å². The fraction of sp³-hybridized carbons (Fsp3) is 0. The van der Waals surface area contributed by atoms with Gasteiger partial charge in [0.15, 0.2) is 17.3 Å². The maximum absolute atomic E-state index is 13.2. The van der Waals surface area contributed by atoms with E-state index in [1.807, 2.05) is 12.1 Å². The molecule has 4 N–H and O–H groups in total. The van der Waals surface area contributed by atoms with Gasteiger partial charge in [-0.15, -0.1) is 0 Å². The summed E-state index contributed by atoms with van der Waals surface area (Å²) < 4.78 is 0. The van der Waals surface area contributed by atoms with Crippen LogP contribution in [0.4, 0.5) is 11.4 Å². The first-order chi connectivity index (χ1) is 15.5. The quantitative estimate of drug-likeness (QED) is 0.352. The first kappa shape index (κ1) is 20.8. The molecule has 0 fully saturated rings. The van der Waals surface area contributed by atoms with Crippen molar-refractivity contribution in [2.24, 2.45) is 0 Å². The zero-order chi connectivity index (χ0) is 22.7. The maximum Gasteiger partial charge on any atom is 0.195 e. The lowest BCUT2D eigenvalue weighted by Crippen LogP contribution is -2.11. The largest absolute Gasteiger partial charge is 0.398 e. The number of nitrogens with two attached hydrogens (primary N) is 2. The summed E-state index contributed by atoms with van der Waals surface area (Å²) in [5.41, 5.74) is 14.7. The number of hydrogen-bond donors (Lipinski definition) is 2. The van der Waals surface area contributed by atoms with E-state index in [-0.39, 0.29) is 39.9 Å². The summed E-state index contributed by atoms with van der Waals surface area (Å²) in [5.74, 6) is -0.876. The van der Waals surface area contributed by atoms with Crippen LogP contribution >= 0.6 is 0 Å². The Kier molecular flexibility index (Phi) is 5.64. The van der Waals surface area contributed by atoms with E-state index in [1.54, 1.807) is 60.7 Å². The van der Waals surface area contributed by atoms with Crippen LogP contribution in [0.3, 0.4) is 0 Å². The standard InChI is InChI=1S/C27H20N2O3/c28-23-13-11-19(15-21(23)26(31)17-7-3-1-4-8-17)25(30)20-12-14-24(29)22(16-20)27(32)18-9-5-2-6-10-18/h1-16H,28-29H2. The van der Waals surface area contributed by atoms with Crippen molar-refractivity contribution in [1.82, 2.24) is 0 Å². The summed E-state index contributed by atoms with van der Waals surface area (Å²) in [7, 11) is 0. The highest BCUT2D eigenvalue weighted by Gasteiger charge is 2.19. The Morgan fingerprint density at radius 2 is 0.812 bits per heavy atom. The molecule has 0 saturated carbocycles. The highest BCUT2D eigenvalue weighted by molar-refractivity contribution is 6.17. The second-order valence-corrected chi connectivity index (χ2v) is 7.32. The number of benzene rings is 4. The van der Waals surface area contributed by atoms with Crippen LogP contribution in [0.15, 0.2) is 97.1 Å². The molecule has 0 unspecified atom stereocenters. The van der Waals surface area contributed by atoms with Crippen LogP contribution in [0.1, 0.15) is 47.8 Å². The Morgan fingerprint density at radius 3 is 1.19 bits per heavy atom. The molecule has 4 rings (SSSR count). The minimum Gasteiger partial charge on any atom is -0.398 e. The highest BCUT2D eigenvalue weighted by Crippen LogP contribution is 2.23. The van der Waals surface area contributed by atoms with Crippen molar-refractivity contribution in [3.8, 4) is 0 Å². The molecule has 0 spiro atoms. The molecule has 4 aromatic carbocycles. The molecular formula is C27H20N2O3. The van der Waals surface area contributed by atoms with Gasteiger partial charge in [-0.25, -0.2) is 0 Å². The van der Waals surface area contributed by atoms with Gasteiger partial charge in [0.2, 0.25) is 0 Å². The van der Waals surface area contributed by atoms with Crippen LogP contribution in [0, 0.1) is 0 Å². The summed E-state index contributed by atoms with van der Waals surface area (Å²) in [6, 6.07) is 26.6. The Balaban J connectivity index is 1.70. The minimum atomic E-state index is -0.339. The van der Waals surface area contributed by atoms with E-state index >= 15 is 0 Å². The normalized spacial score (nSPS) is 10.5. The van der Waals surface area contributed by atoms with Crippen LogP contribution in [-0.2, 0) is 0 Å². The van der Waals surface area contributed by atoms with Crippen LogP contribution in [0.2, 0.25) is 0 Å². The van der Waals surface area contributed by atoms with Crippen molar-refractivity contribution in [1.29, 1.82) is 0 Å². The topological polar surface area (TPSA) is 103 Å². The van der Waals surface area contributed by atoms with Crippen molar-refractivity contribution in [2.75, 3.05) is 11.5 Å². The molecule has 0 atom stereocenters. The lowest BCUT2D eigenvalue weighted by Gasteiger charge is -2.10. The molecule has 4 aromatic rings. The third-order valence-corrected chi connectivity index (χ3v) is 5.19. The lowest BCUT2D eigenvalue weighted by molar-refractivity contribution is 0.103. The van der Waals surface area contributed by atoms with Gasteiger partial charge in [0.1, 0.15) is 0 Å². The van der Waals surface area contributed by atoms with E-state index in [1.165, 1.54) is 24.3 Å². The molecule has 156 valence electrons. The highest BCUT2D eigenvalue weighted by atomic mass is 16.1. The predicted octanol–water partition coefficient (Wildman–Crippen LogP) is 4.54. The van der Waals surface area contributed by atoms with E-state index in [0.717, 1.165) is 0 Å². The Labute approximate surface area is 185 Å². The van der Waals surface area contributed by atoms with Crippen LogP contribution in [-0.4, -0.2) is 17.3 Å². The van der Waals surface area contributed by atoms with E-state index in [0.29, 0.717) is 22.3 Å². The van der Waals surface area contributed by atoms with Gasteiger partial charge in [0.05, 0.1) is 0 Å². The number of rotatable bonds is 6. The second-order valence-electron chi connectivity index (χ2n) is 7.32. The van der Waals surface area contributed by atoms with Crippen molar-refractivity contribution in [3.05, 3.63) is 130 Å². The molecule has 0 aliphatic rings. The van der Waals surface area contributed by atoms with E-state index in [4.69, 9.17) is 11.5 Å². The SMILES string of the molecule is Nc1ccc(C(=O)c2ccc(N)c(C(=O)c3ccccc3)c2)cc1C(=O)c1ccccc1. The molecule has 5 nitrogen and oxygen atoms in total. The van der Waals surface area contributed by atoms with Gasteiger partial charge >= 0.3 is 0 Å². The smallest absolute Gasteiger partial charge is 0.195 e. The first-order valence-electron chi connectivity index (χ1n) is 9.99. The minimum absolute atomic E-state index is 0.248. The molecule has 0 aliphatic heterocycles. The first-order valence-corrected chi connectivity index (χ1v) is 9.99. The number of nitrogen functional groups attached to an aromatic ring is 2. The van der Waals surface area contributed by atoms with Gasteiger partial charge in [-0.2, -0.15) is 0 Å². The molecule has 32 heavy (non-hydrogen) atoms. The van der Waals surface area contributed by atoms with Gasteiger partial charge in [0.25, 0.3) is 0 Å².